The molecule has 4 N–H and O–H groups in total. The number of nitrogens with one attached hydrogen (secondary N) is 4. The molecule has 33 heavy (non-hydrogen) atoms. The lowest BCUT2D eigenvalue weighted by atomic mass is 10.1. The van der Waals surface area contributed by atoms with Gasteiger partial charge in [0, 0.05) is 37.9 Å². The number of anilines is 2. The third-order valence-corrected chi connectivity index (χ3v) is 5.63. The highest BCUT2D eigenvalue weighted by Crippen LogP contribution is 2.39. The highest BCUT2D eigenvalue weighted by atomic mass is 16.2. The van der Waals surface area contributed by atoms with Crippen molar-refractivity contribution in [3.63, 3.8) is 0 Å². The number of amides is 2. The van der Waals surface area contributed by atoms with E-state index >= 15 is 0 Å². The molecule has 2 aliphatic rings. The summed E-state index contributed by atoms with van der Waals surface area (Å²) < 4.78 is 0. The van der Waals surface area contributed by atoms with Gasteiger partial charge in [-0.3, -0.25) is 15.0 Å². The van der Waals surface area contributed by atoms with Gasteiger partial charge in [0.15, 0.2) is 5.69 Å². The predicted octanol–water partition coefficient (Wildman–Crippen LogP) is 2.32. The fourth-order valence-electron chi connectivity index (χ4n) is 3.74. The van der Waals surface area contributed by atoms with Crippen molar-refractivity contribution in [3.8, 4) is 0 Å². The van der Waals surface area contributed by atoms with Gasteiger partial charge in [0.1, 0.15) is 12.0 Å². The van der Waals surface area contributed by atoms with Gasteiger partial charge in [-0.15, -0.1) is 0 Å². The van der Waals surface area contributed by atoms with Crippen LogP contribution < -0.4 is 16.0 Å². The Kier molecular flexibility index (Phi) is 6.92. The second-order valence-electron chi connectivity index (χ2n) is 8.19. The average molecular weight is 449 g/mol. The largest absolute Gasteiger partial charge is 0.392 e. The molecule has 2 aromatic rings. The summed E-state index contributed by atoms with van der Waals surface area (Å²) >= 11 is 0. The van der Waals surface area contributed by atoms with Gasteiger partial charge in [-0.05, 0) is 44.2 Å². The molecule has 0 radical (unpaired) electrons. The van der Waals surface area contributed by atoms with Crippen LogP contribution in [-0.2, 0) is 4.79 Å². The van der Waals surface area contributed by atoms with E-state index < -0.39 is 11.8 Å². The summed E-state index contributed by atoms with van der Waals surface area (Å²) in [5.74, 6) is -0.539. The van der Waals surface area contributed by atoms with Gasteiger partial charge in [-0.1, -0.05) is 0 Å². The van der Waals surface area contributed by atoms with Crippen LogP contribution in [0.25, 0.3) is 0 Å². The topological polar surface area (TPSA) is 136 Å². The second kappa shape index (κ2) is 10.2. The van der Waals surface area contributed by atoms with Crippen LogP contribution in [-0.4, -0.2) is 57.5 Å². The number of pyridine rings is 1. The molecule has 2 fully saturated rings. The normalized spacial score (nSPS) is 16.2. The summed E-state index contributed by atoms with van der Waals surface area (Å²) in [5.41, 5.74) is 1.99. The number of carbonyl (C=O) groups excluding carboxylic acids is 2. The first kappa shape index (κ1) is 22.4. The fraction of sp³-hybridized carbons (Fsp3) is 0.391. The average Bonchev–Trinajstić information content (AvgIpc) is 3.70. The third kappa shape index (κ3) is 5.51. The smallest absolute Gasteiger partial charge is 0.276 e. The van der Waals surface area contributed by atoms with E-state index in [-0.39, 0.29) is 17.1 Å². The summed E-state index contributed by atoms with van der Waals surface area (Å²) in [6, 6.07) is 3.72. The first-order valence-electron chi connectivity index (χ1n) is 11.2. The number of hydrogen-bond acceptors (Lipinski definition) is 8. The van der Waals surface area contributed by atoms with Crippen LogP contribution in [0.3, 0.4) is 0 Å². The Morgan fingerprint density at radius 3 is 2.52 bits per heavy atom. The van der Waals surface area contributed by atoms with Gasteiger partial charge in [-0.2, -0.15) is 0 Å². The SMILES string of the molecule is CN/C=C(/NC(=O)c1nc(C2CC2)ccc1Nc1cncnc1)C(=N)C(=O)N1CCCCC1. The maximum Gasteiger partial charge on any atom is 0.276 e. The molecule has 1 aliphatic carbocycles. The van der Waals surface area contributed by atoms with Crippen molar-refractivity contribution in [3.05, 3.63) is 54.1 Å². The number of aromatic nitrogens is 3. The van der Waals surface area contributed by atoms with Crippen molar-refractivity contribution in [2.24, 2.45) is 0 Å². The summed E-state index contributed by atoms with van der Waals surface area (Å²) in [6.45, 7) is 1.25. The van der Waals surface area contributed by atoms with Gasteiger partial charge >= 0.3 is 0 Å². The van der Waals surface area contributed by atoms with Gasteiger partial charge in [0.25, 0.3) is 11.8 Å². The minimum Gasteiger partial charge on any atom is -0.392 e. The van der Waals surface area contributed by atoms with E-state index in [0.717, 1.165) is 37.8 Å². The van der Waals surface area contributed by atoms with E-state index in [4.69, 9.17) is 5.41 Å². The minimum atomic E-state index is -0.505. The van der Waals surface area contributed by atoms with E-state index in [1.807, 2.05) is 12.1 Å². The monoisotopic (exact) mass is 448 g/mol. The molecule has 1 saturated carbocycles. The molecule has 10 heteroatoms. The van der Waals surface area contributed by atoms with Gasteiger partial charge in [0.05, 0.1) is 29.5 Å². The number of rotatable bonds is 8. The summed E-state index contributed by atoms with van der Waals surface area (Å²) in [4.78, 5) is 40.4. The quantitative estimate of drug-likeness (QED) is 0.455. The van der Waals surface area contributed by atoms with Crippen molar-refractivity contribution in [2.75, 3.05) is 25.5 Å². The van der Waals surface area contributed by atoms with Gasteiger partial charge in [0.2, 0.25) is 0 Å². The van der Waals surface area contributed by atoms with E-state index in [0.29, 0.717) is 30.4 Å². The Bertz CT molecular complexity index is 1060. The van der Waals surface area contributed by atoms with E-state index in [9.17, 15) is 9.59 Å². The van der Waals surface area contributed by atoms with Crippen molar-refractivity contribution < 1.29 is 9.59 Å². The molecule has 0 unspecified atom stereocenters. The zero-order valence-electron chi connectivity index (χ0n) is 18.6. The van der Waals surface area contributed by atoms with Crippen LogP contribution in [0.2, 0.25) is 0 Å². The Labute approximate surface area is 192 Å². The zero-order chi connectivity index (χ0) is 23.2. The summed E-state index contributed by atoms with van der Waals surface area (Å²) in [5, 5.41) is 17.1. The molecule has 1 aliphatic heterocycles. The molecule has 0 spiro atoms. The molecule has 1 saturated heterocycles. The minimum absolute atomic E-state index is 0.102. The molecule has 0 aromatic carbocycles. The molecule has 3 heterocycles. The molecule has 0 bridgehead atoms. The molecule has 10 nitrogen and oxygen atoms in total. The van der Waals surface area contributed by atoms with Crippen molar-refractivity contribution in [2.45, 2.75) is 38.0 Å². The number of piperidine rings is 1. The Hall–Kier alpha value is -3.82. The summed E-state index contributed by atoms with van der Waals surface area (Å²) in [7, 11) is 1.65. The van der Waals surface area contributed by atoms with E-state index in [1.165, 1.54) is 12.5 Å². The van der Waals surface area contributed by atoms with Crippen LogP contribution in [0, 0.1) is 5.41 Å². The molecule has 0 atom stereocenters. The molecule has 172 valence electrons. The van der Waals surface area contributed by atoms with Crippen LogP contribution in [0.15, 0.2) is 42.8 Å². The van der Waals surface area contributed by atoms with Gasteiger partial charge < -0.3 is 20.9 Å². The number of likely N-dealkylation sites (tertiary alicyclic amines) is 1. The number of nitrogens with zero attached hydrogens (tertiary/aromatic N) is 4. The first-order valence-corrected chi connectivity index (χ1v) is 11.2. The lowest BCUT2D eigenvalue weighted by molar-refractivity contribution is -0.124. The maximum atomic E-state index is 13.3. The Morgan fingerprint density at radius 1 is 1.12 bits per heavy atom. The molecular weight excluding hydrogens is 420 g/mol. The molecule has 2 amide bonds. The van der Waals surface area contributed by atoms with Crippen LogP contribution >= 0.6 is 0 Å². The zero-order valence-corrected chi connectivity index (χ0v) is 18.6. The van der Waals surface area contributed by atoms with E-state index in [1.54, 1.807) is 24.3 Å². The number of hydrogen-bond donors (Lipinski definition) is 4. The number of carbonyl (C=O) groups is 2. The lowest BCUT2D eigenvalue weighted by Crippen LogP contribution is -2.43. The Balaban J connectivity index is 1.57. The fourth-order valence-corrected chi connectivity index (χ4v) is 3.74. The Morgan fingerprint density at radius 2 is 1.85 bits per heavy atom. The predicted molar refractivity (Wildman–Crippen MR) is 124 cm³/mol. The third-order valence-electron chi connectivity index (χ3n) is 5.63. The van der Waals surface area contributed by atoms with Crippen LogP contribution in [0.1, 0.15) is 54.2 Å². The van der Waals surface area contributed by atoms with Crippen molar-refractivity contribution in [1.29, 1.82) is 5.41 Å². The highest BCUT2D eigenvalue weighted by molar-refractivity contribution is 6.44. The highest BCUT2D eigenvalue weighted by Gasteiger charge is 2.28. The van der Waals surface area contributed by atoms with Crippen molar-refractivity contribution >= 4 is 28.9 Å². The standard InChI is InChI=1S/C23H28N8O2/c1-25-13-19(20(24)23(33)31-9-3-2-4-10-31)30-22(32)21-18(28-16-11-26-14-27-12-16)8-7-17(29-21)15-5-6-15/h7-8,11-15,24-25,28H,2-6,9-10H2,1H3,(H,30,32)/b19-13+,24-20?. The molecule has 4 rings (SSSR count). The van der Waals surface area contributed by atoms with E-state index in [2.05, 4.69) is 30.9 Å². The van der Waals surface area contributed by atoms with Crippen LogP contribution in [0.4, 0.5) is 11.4 Å². The maximum absolute atomic E-state index is 13.3. The van der Waals surface area contributed by atoms with Crippen molar-refractivity contribution in [1.82, 2.24) is 30.5 Å². The first-order chi connectivity index (χ1) is 16.1. The molecular formula is C23H28N8O2. The lowest BCUT2D eigenvalue weighted by Gasteiger charge is -2.27. The molecule has 2 aromatic heterocycles. The van der Waals surface area contributed by atoms with Crippen LogP contribution in [0.5, 0.6) is 0 Å². The summed E-state index contributed by atoms with van der Waals surface area (Å²) in [6.07, 6.45) is 11.1. The second-order valence-corrected chi connectivity index (χ2v) is 8.19. The van der Waals surface area contributed by atoms with Gasteiger partial charge in [-0.25, -0.2) is 15.0 Å².